The van der Waals surface area contributed by atoms with Crippen LogP contribution in [0, 0.1) is 0 Å². The second-order valence-electron chi connectivity index (χ2n) is 7.25. The maximum atomic E-state index is 11.3. The Hall–Kier alpha value is -2.49. The minimum atomic E-state index is 0.0770. The second-order valence-corrected chi connectivity index (χ2v) is 7.25. The number of carbonyl (C=O) groups is 1. The zero-order valence-corrected chi connectivity index (χ0v) is 16.3. The molecular formula is C22H28O4. The summed E-state index contributed by atoms with van der Waals surface area (Å²) in [6, 6.07) is 11.3. The average Bonchev–Trinajstić information content (AvgIpc) is 2.62. The third-order valence-corrected chi connectivity index (χ3v) is 4.09. The normalized spacial score (nSPS) is 11.1. The molecule has 0 aromatic heterocycles. The van der Waals surface area contributed by atoms with Crippen LogP contribution in [0.2, 0.25) is 0 Å². The largest absolute Gasteiger partial charge is 0.493 e. The Bertz CT molecular complexity index is 727. The van der Waals surface area contributed by atoms with Gasteiger partial charge in [0.1, 0.15) is 12.0 Å². The zero-order valence-electron chi connectivity index (χ0n) is 16.3. The van der Waals surface area contributed by atoms with Crippen molar-refractivity contribution in [2.45, 2.75) is 46.0 Å². The molecule has 0 saturated carbocycles. The highest BCUT2D eigenvalue weighted by Crippen LogP contribution is 2.41. The van der Waals surface area contributed by atoms with Crippen LogP contribution < -0.4 is 14.2 Å². The van der Waals surface area contributed by atoms with Crippen LogP contribution in [-0.4, -0.2) is 20.0 Å². The van der Waals surface area contributed by atoms with E-state index in [1.54, 1.807) is 19.2 Å². The van der Waals surface area contributed by atoms with E-state index in [0.29, 0.717) is 35.2 Å². The number of ether oxygens (including phenoxy) is 3. The Morgan fingerprint density at radius 1 is 1.04 bits per heavy atom. The summed E-state index contributed by atoms with van der Waals surface area (Å²) in [6.45, 7) is 9.17. The predicted molar refractivity (Wildman–Crippen MR) is 104 cm³/mol. The Balaban J connectivity index is 2.34. The Morgan fingerprint density at radius 2 is 1.69 bits per heavy atom. The number of hydrogen-bond acceptors (Lipinski definition) is 4. The van der Waals surface area contributed by atoms with Crippen molar-refractivity contribution in [3.05, 3.63) is 47.5 Å². The summed E-state index contributed by atoms with van der Waals surface area (Å²) >= 11 is 0. The van der Waals surface area contributed by atoms with Gasteiger partial charge >= 0.3 is 0 Å². The summed E-state index contributed by atoms with van der Waals surface area (Å²) in [5.41, 5.74) is 1.78. The quantitative estimate of drug-likeness (QED) is 0.444. The molecule has 26 heavy (non-hydrogen) atoms. The van der Waals surface area contributed by atoms with Crippen molar-refractivity contribution in [3.63, 3.8) is 0 Å². The minimum Gasteiger partial charge on any atom is -0.493 e. The Kier molecular flexibility index (Phi) is 6.67. The maximum Gasteiger partial charge on any atom is 0.204 e. The van der Waals surface area contributed by atoms with Gasteiger partial charge in [0.15, 0.2) is 11.5 Å². The fourth-order valence-electron chi connectivity index (χ4n) is 2.50. The van der Waals surface area contributed by atoms with Gasteiger partial charge in [-0.05, 0) is 41.7 Å². The molecule has 0 aliphatic carbocycles. The molecule has 2 aromatic carbocycles. The lowest BCUT2D eigenvalue weighted by Gasteiger charge is -2.20. The van der Waals surface area contributed by atoms with E-state index in [0.717, 1.165) is 19.1 Å². The molecule has 2 rings (SSSR count). The molecule has 0 heterocycles. The first-order chi connectivity index (χ1) is 12.4. The molecule has 0 N–H and O–H groups in total. The summed E-state index contributed by atoms with van der Waals surface area (Å²) < 4.78 is 17.3. The third kappa shape index (κ3) is 5.01. The van der Waals surface area contributed by atoms with Crippen LogP contribution in [0.1, 0.15) is 56.5 Å². The zero-order chi connectivity index (χ0) is 19.2. The smallest absolute Gasteiger partial charge is 0.204 e. The summed E-state index contributed by atoms with van der Waals surface area (Å²) in [6.07, 6.45) is 2.73. The van der Waals surface area contributed by atoms with Gasteiger partial charge in [-0.3, -0.25) is 4.79 Å². The van der Waals surface area contributed by atoms with Gasteiger partial charge in [-0.15, -0.1) is 0 Å². The maximum absolute atomic E-state index is 11.3. The molecule has 0 spiro atoms. The number of benzene rings is 2. The molecule has 2 aromatic rings. The lowest BCUT2D eigenvalue weighted by Crippen LogP contribution is -2.10. The van der Waals surface area contributed by atoms with E-state index in [1.165, 1.54) is 5.56 Å². The highest BCUT2D eigenvalue weighted by Gasteiger charge is 2.17. The molecule has 0 amide bonds. The molecule has 0 saturated heterocycles. The van der Waals surface area contributed by atoms with Gasteiger partial charge in [0.25, 0.3) is 0 Å². The fourth-order valence-corrected chi connectivity index (χ4v) is 2.50. The minimum absolute atomic E-state index is 0.0770. The average molecular weight is 356 g/mol. The van der Waals surface area contributed by atoms with Gasteiger partial charge in [0.05, 0.1) is 13.7 Å². The van der Waals surface area contributed by atoms with Crippen molar-refractivity contribution in [2.24, 2.45) is 0 Å². The van der Waals surface area contributed by atoms with Crippen LogP contribution in [0.4, 0.5) is 0 Å². The van der Waals surface area contributed by atoms with E-state index in [1.807, 2.05) is 24.3 Å². The van der Waals surface area contributed by atoms with Crippen LogP contribution in [0.15, 0.2) is 36.4 Å². The summed E-state index contributed by atoms with van der Waals surface area (Å²) in [4.78, 5) is 11.3. The number of hydrogen-bond donors (Lipinski definition) is 0. The van der Waals surface area contributed by atoms with Crippen LogP contribution >= 0.6 is 0 Å². The molecule has 0 aliphatic heterocycles. The number of methoxy groups -OCH3 is 1. The topological polar surface area (TPSA) is 44.8 Å². The Morgan fingerprint density at radius 3 is 2.23 bits per heavy atom. The molecule has 140 valence electrons. The first-order valence-corrected chi connectivity index (χ1v) is 8.97. The van der Waals surface area contributed by atoms with Crippen LogP contribution in [-0.2, 0) is 5.41 Å². The summed E-state index contributed by atoms with van der Waals surface area (Å²) in [5.74, 6) is 2.17. The van der Waals surface area contributed by atoms with Crippen LogP contribution in [0.5, 0.6) is 23.0 Å². The van der Waals surface area contributed by atoms with Crippen molar-refractivity contribution in [1.29, 1.82) is 0 Å². The van der Waals surface area contributed by atoms with Gasteiger partial charge < -0.3 is 14.2 Å². The van der Waals surface area contributed by atoms with Crippen LogP contribution in [0.25, 0.3) is 0 Å². The van der Waals surface area contributed by atoms with E-state index < -0.39 is 0 Å². The van der Waals surface area contributed by atoms with E-state index in [9.17, 15) is 4.79 Å². The van der Waals surface area contributed by atoms with E-state index in [4.69, 9.17) is 14.2 Å². The van der Waals surface area contributed by atoms with Gasteiger partial charge in [-0.2, -0.15) is 0 Å². The lowest BCUT2D eigenvalue weighted by molar-refractivity contribution is 0.112. The van der Waals surface area contributed by atoms with E-state index in [2.05, 4.69) is 27.7 Å². The van der Waals surface area contributed by atoms with E-state index in [-0.39, 0.29) is 5.41 Å². The predicted octanol–water partition coefficient (Wildman–Crippen LogP) is 5.78. The lowest BCUT2D eigenvalue weighted by atomic mass is 9.87. The number of aldehydes is 1. The molecule has 0 fully saturated rings. The highest BCUT2D eigenvalue weighted by molar-refractivity contribution is 5.78. The third-order valence-electron chi connectivity index (χ3n) is 4.09. The molecule has 4 heteroatoms. The van der Waals surface area contributed by atoms with Gasteiger partial charge in [-0.25, -0.2) is 0 Å². The van der Waals surface area contributed by atoms with Crippen LogP contribution in [0.3, 0.4) is 0 Å². The molecule has 0 radical (unpaired) electrons. The fraction of sp³-hybridized carbons (Fsp3) is 0.409. The van der Waals surface area contributed by atoms with Gasteiger partial charge in [0.2, 0.25) is 5.75 Å². The van der Waals surface area contributed by atoms with Gasteiger partial charge in [0, 0.05) is 5.56 Å². The molecule has 4 nitrogen and oxygen atoms in total. The molecule has 0 bridgehead atoms. The highest BCUT2D eigenvalue weighted by atomic mass is 16.5. The molecule has 0 unspecified atom stereocenters. The SMILES string of the molecule is CCCCOc1c(OC)cc(C=O)cc1Oc1ccc(C(C)(C)C)cc1. The van der Waals surface area contributed by atoms with Crippen molar-refractivity contribution in [3.8, 4) is 23.0 Å². The first-order valence-electron chi connectivity index (χ1n) is 8.97. The number of carbonyl (C=O) groups excluding carboxylic acids is 1. The second kappa shape index (κ2) is 8.75. The molecular weight excluding hydrogens is 328 g/mol. The van der Waals surface area contributed by atoms with Crippen molar-refractivity contribution in [2.75, 3.05) is 13.7 Å². The first kappa shape index (κ1) is 19.8. The molecule has 0 aliphatic rings. The number of rotatable bonds is 8. The van der Waals surface area contributed by atoms with E-state index >= 15 is 0 Å². The van der Waals surface area contributed by atoms with Gasteiger partial charge in [-0.1, -0.05) is 46.2 Å². The van der Waals surface area contributed by atoms with Crippen molar-refractivity contribution < 1.29 is 19.0 Å². The summed E-state index contributed by atoms with van der Waals surface area (Å²) in [5, 5.41) is 0. The monoisotopic (exact) mass is 356 g/mol. The van der Waals surface area contributed by atoms with Crippen molar-refractivity contribution in [1.82, 2.24) is 0 Å². The molecule has 0 atom stereocenters. The Labute approximate surface area is 156 Å². The number of unbranched alkanes of at least 4 members (excludes halogenated alkanes) is 1. The summed E-state index contributed by atoms with van der Waals surface area (Å²) in [7, 11) is 1.55. The van der Waals surface area contributed by atoms with Crippen molar-refractivity contribution >= 4 is 6.29 Å². The standard InChI is InChI=1S/C22H28O4/c1-6-7-12-25-21-19(24-5)13-16(15-23)14-20(21)26-18-10-8-17(9-11-18)22(2,3)4/h8-11,13-15H,6-7,12H2,1-5H3.